The Balaban J connectivity index is 4.41. The van der Waals surface area contributed by atoms with E-state index < -0.39 is 57.2 Å². The number of unbranched alkanes of at least 4 members (excludes halogenated alkanes) is 20. The zero-order chi connectivity index (χ0) is 42.2. The SMILES string of the molecule is CC/C=C/C/C=C/C=C/C(O)CCCCCCCC(=O)O[C@H](COC(=O)CCCCCCCCCCCCCCCCCCC)COP(=O)(O)OC[C@H](N)C(=O)O. The third-order valence-electron chi connectivity index (χ3n) is 9.51. The molecule has 0 aromatic carbocycles. The average molecular weight is 830 g/mol. The summed E-state index contributed by atoms with van der Waals surface area (Å²) < 4.78 is 32.6. The Hall–Kier alpha value is -2.34. The molecule has 0 aromatic rings. The molecule has 5 N–H and O–H groups in total. The molecule has 57 heavy (non-hydrogen) atoms. The van der Waals surface area contributed by atoms with Gasteiger partial charge in [0.15, 0.2) is 6.10 Å². The van der Waals surface area contributed by atoms with Crippen LogP contribution >= 0.6 is 7.82 Å². The van der Waals surface area contributed by atoms with E-state index >= 15 is 0 Å². The monoisotopic (exact) mass is 830 g/mol. The molecule has 0 aliphatic carbocycles. The van der Waals surface area contributed by atoms with Crippen LogP contribution in [0.4, 0.5) is 0 Å². The summed E-state index contributed by atoms with van der Waals surface area (Å²) in [6.45, 7) is 2.58. The summed E-state index contributed by atoms with van der Waals surface area (Å²) in [5.74, 6) is -2.46. The Bertz CT molecular complexity index is 1130. The molecule has 4 atom stereocenters. The van der Waals surface area contributed by atoms with Crippen molar-refractivity contribution in [2.24, 2.45) is 5.73 Å². The molecular formula is C44H80NO11P. The molecule has 12 nitrogen and oxygen atoms in total. The van der Waals surface area contributed by atoms with Crippen molar-refractivity contribution in [2.75, 3.05) is 19.8 Å². The lowest BCUT2D eigenvalue weighted by Gasteiger charge is -2.20. The van der Waals surface area contributed by atoms with Gasteiger partial charge in [0.05, 0.1) is 19.3 Å². The van der Waals surface area contributed by atoms with Gasteiger partial charge < -0.3 is 30.3 Å². The number of phosphoric acid groups is 1. The molecule has 0 saturated heterocycles. The van der Waals surface area contributed by atoms with E-state index in [2.05, 4.69) is 30.5 Å². The number of nitrogens with two attached hydrogens (primary N) is 1. The largest absolute Gasteiger partial charge is 0.480 e. The van der Waals surface area contributed by atoms with E-state index in [1.807, 2.05) is 18.2 Å². The molecule has 0 fully saturated rings. The van der Waals surface area contributed by atoms with Crippen LogP contribution in [0.2, 0.25) is 0 Å². The summed E-state index contributed by atoms with van der Waals surface area (Å²) in [5.41, 5.74) is 5.33. The van der Waals surface area contributed by atoms with Crippen molar-refractivity contribution in [1.29, 1.82) is 0 Å². The van der Waals surface area contributed by atoms with Crippen molar-refractivity contribution in [3.05, 3.63) is 36.5 Å². The topological polar surface area (TPSA) is 192 Å². The molecule has 0 spiro atoms. The number of carboxylic acid groups (broad SMARTS) is 1. The van der Waals surface area contributed by atoms with Crippen LogP contribution in [0.3, 0.4) is 0 Å². The molecule has 13 heteroatoms. The second kappa shape index (κ2) is 39.1. The minimum absolute atomic E-state index is 0.0929. The fraction of sp³-hybridized carbons (Fsp3) is 0.795. The molecule has 0 radical (unpaired) electrons. The summed E-state index contributed by atoms with van der Waals surface area (Å²) in [6.07, 6.45) is 38.0. The van der Waals surface area contributed by atoms with E-state index in [1.54, 1.807) is 6.08 Å². The Morgan fingerprint density at radius 3 is 1.65 bits per heavy atom. The summed E-state index contributed by atoms with van der Waals surface area (Å²) in [5, 5.41) is 19.0. The summed E-state index contributed by atoms with van der Waals surface area (Å²) in [4.78, 5) is 46.0. The van der Waals surface area contributed by atoms with Crippen LogP contribution in [0.1, 0.15) is 187 Å². The molecule has 2 unspecified atom stereocenters. The molecule has 0 aromatic heterocycles. The Labute approximate surface area is 345 Å². The number of aliphatic carboxylic acids is 1. The van der Waals surface area contributed by atoms with Crippen molar-refractivity contribution >= 4 is 25.7 Å². The predicted octanol–water partition coefficient (Wildman–Crippen LogP) is 10.6. The second-order valence-electron chi connectivity index (χ2n) is 15.0. The number of hydrogen-bond donors (Lipinski definition) is 4. The maximum absolute atomic E-state index is 12.6. The van der Waals surface area contributed by atoms with E-state index in [1.165, 1.54) is 83.5 Å². The lowest BCUT2D eigenvalue weighted by molar-refractivity contribution is -0.161. The van der Waals surface area contributed by atoms with Gasteiger partial charge in [0.2, 0.25) is 0 Å². The highest BCUT2D eigenvalue weighted by Crippen LogP contribution is 2.43. The van der Waals surface area contributed by atoms with Crippen LogP contribution in [0.15, 0.2) is 36.5 Å². The fourth-order valence-electron chi connectivity index (χ4n) is 6.01. The maximum atomic E-state index is 12.6. The molecule has 0 aliphatic heterocycles. The minimum Gasteiger partial charge on any atom is -0.480 e. The molecule has 332 valence electrons. The highest BCUT2D eigenvalue weighted by atomic mass is 31.2. The van der Waals surface area contributed by atoms with Crippen molar-refractivity contribution in [1.82, 2.24) is 0 Å². The molecule has 0 heterocycles. The van der Waals surface area contributed by atoms with Gasteiger partial charge in [-0.15, -0.1) is 0 Å². The molecule has 0 bridgehead atoms. The van der Waals surface area contributed by atoms with E-state index in [0.717, 1.165) is 57.8 Å². The van der Waals surface area contributed by atoms with Crippen LogP contribution in [0.5, 0.6) is 0 Å². The Kier molecular flexibility index (Phi) is 37.5. The highest BCUT2D eigenvalue weighted by Gasteiger charge is 2.28. The first-order valence-electron chi connectivity index (χ1n) is 22.1. The van der Waals surface area contributed by atoms with Gasteiger partial charge in [0.1, 0.15) is 12.6 Å². The third kappa shape index (κ3) is 38.9. The number of esters is 2. The number of ether oxygens (including phenoxy) is 2. The van der Waals surface area contributed by atoms with Crippen LogP contribution in [-0.4, -0.2) is 71.1 Å². The lowest BCUT2D eigenvalue weighted by atomic mass is 10.0. The van der Waals surface area contributed by atoms with Gasteiger partial charge in [-0.05, 0) is 32.1 Å². The lowest BCUT2D eigenvalue weighted by Crippen LogP contribution is -2.34. The number of carbonyl (C=O) groups excluding carboxylic acids is 2. The van der Waals surface area contributed by atoms with Crippen LogP contribution < -0.4 is 5.73 Å². The zero-order valence-electron chi connectivity index (χ0n) is 35.5. The number of aliphatic hydroxyl groups excluding tert-OH is 1. The predicted molar refractivity (Wildman–Crippen MR) is 228 cm³/mol. The van der Waals surface area contributed by atoms with Crippen molar-refractivity contribution < 1.29 is 52.6 Å². The smallest absolute Gasteiger partial charge is 0.472 e. The van der Waals surface area contributed by atoms with Crippen molar-refractivity contribution in [3.8, 4) is 0 Å². The molecule has 0 amide bonds. The fourth-order valence-corrected chi connectivity index (χ4v) is 6.79. The number of hydrogen-bond acceptors (Lipinski definition) is 10. The summed E-state index contributed by atoms with van der Waals surface area (Å²) in [7, 11) is -4.74. The molecule has 0 rings (SSSR count). The van der Waals surface area contributed by atoms with Gasteiger partial charge in [-0.2, -0.15) is 0 Å². The second-order valence-corrected chi connectivity index (χ2v) is 16.5. The summed E-state index contributed by atoms with van der Waals surface area (Å²) in [6, 6.07) is -1.54. The highest BCUT2D eigenvalue weighted by molar-refractivity contribution is 7.47. The number of phosphoric ester groups is 1. The average Bonchev–Trinajstić information content (AvgIpc) is 3.18. The maximum Gasteiger partial charge on any atom is 0.472 e. The normalized spacial score (nSPS) is 14.6. The Morgan fingerprint density at radius 2 is 1.12 bits per heavy atom. The van der Waals surface area contributed by atoms with Crippen LogP contribution in [-0.2, 0) is 37.5 Å². The first kappa shape index (κ1) is 54.7. The van der Waals surface area contributed by atoms with E-state index in [-0.39, 0.29) is 19.4 Å². The van der Waals surface area contributed by atoms with Crippen LogP contribution in [0, 0.1) is 0 Å². The van der Waals surface area contributed by atoms with Crippen molar-refractivity contribution in [2.45, 2.75) is 205 Å². The molecular weight excluding hydrogens is 749 g/mol. The van der Waals surface area contributed by atoms with Gasteiger partial charge in [-0.3, -0.25) is 23.4 Å². The Morgan fingerprint density at radius 1 is 0.632 bits per heavy atom. The summed E-state index contributed by atoms with van der Waals surface area (Å²) >= 11 is 0. The number of carboxylic acids is 1. The standard InChI is InChI=1S/C44H80NO11P/c1-3-5-7-9-11-12-13-14-15-16-17-18-19-20-22-26-30-34-42(47)53-36-40(37-54-57(51,52)55-38-41(45)44(49)50)56-43(48)35-31-27-23-25-29-33-39(46)32-28-24-21-10-8-6-4-2/h6,8,21,24,28,32,39-41,46H,3-5,7,9-20,22-23,25-27,29-31,33-38,45H2,1-2H3,(H,49,50)(H,51,52)/b8-6+,24-21+,32-28+/t39?,40-,41+/m1/s1. The quantitative estimate of drug-likeness (QED) is 0.0150. The number of carbonyl (C=O) groups is 3. The first-order valence-corrected chi connectivity index (χ1v) is 23.6. The van der Waals surface area contributed by atoms with E-state index in [4.69, 9.17) is 24.8 Å². The molecule has 0 saturated carbocycles. The van der Waals surface area contributed by atoms with Gasteiger partial charge in [-0.25, -0.2) is 4.57 Å². The third-order valence-corrected chi connectivity index (χ3v) is 10.5. The zero-order valence-corrected chi connectivity index (χ0v) is 36.4. The number of rotatable bonds is 41. The molecule has 0 aliphatic rings. The van der Waals surface area contributed by atoms with Gasteiger partial charge in [-0.1, -0.05) is 179 Å². The number of allylic oxidation sites excluding steroid dienone is 5. The van der Waals surface area contributed by atoms with Crippen molar-refractivity contribution in [3.63, 3.8) is 0 Å². The van der Waals surface area contributed by atoms with Gasteiger partial charge in [0, 0.05) is 12.8 Å². The van der Waals surface area contributed by atoms with Gasteiger partial charge >= 0.3 is 25.7 Å². The van der Waals surface area contributed by atoms with Crippen LogP contribution in [0.25, 0.3) is 0 Å². The van der Waals surface area contributed by atoms with Gasteiger partial charge in [0.25, 0.3) is 0 Å². The first-order chi connectivity index (χ1) is 27.5. The van der Waals surface area contributed by atoms with E-state index in [9.17, 15) is 28.9 Å². The van der Waals surface area contributed by atoms with E-state index in [0.29, 0.717) is 19.3 Å². The minimum atomic E-state index is -4.74. The number of aliphatic hydroxyl groups is 1.